The summed E-state index contributed by atoms with van der Waals surface area (Å²) in [6, 6.07) is 18.8. The van der Waals surface area contributed by atoms with Crippen LogP contribution in [-0.2, 0) is 6.54 Å². The molecule has 3 rings (SSSR count). The lowest BCUT2D eigenvalue weighted by Crippen LogP contribution is -2.03. The van der Waals surface area contributed by atoms with E-state index in [0.717, 1.165) is 22.4 Å². The summed E-state index contributed by atoms with van der Waals surface area (Å²) < 4.78 is 0. The lowest BCUT2D eigenvalue weighted by atomic mass is 9.97. The fourth-order valence-corrected chi connectivity index (χ4v) is 2.80. The van der Waals surface area contributed by atoms with Gasteiger partial charge in [-0.05, 0) is 29.3 Å². The highest BCUT2D eigenvalue weighted by molar-refractivity contribution is 6.31. The normalized spacial score (nSPS) is 12.1. The van der Waals surface area contributed by atoms with Crippen LogP contribution < -0.4 is 5.73 Å². The zero-order valence-electron chi connectivity index (χ0n) is 12.5. The van der Waals surface area contributed by atoms with Gasteiger partial charge in [-0.15, -0.1) is 0 Å². The Hall–Kier alpha value is -2.20. The largest absolute Gasteiger partial charge is 0.384 e. The molecule has 0 fully saturated rings. The molecule has 4 heteroatoms. The number of aromatic nitrogens is 1. The third-order valence-corrected chi connectivity index (χ3v) is 4.13. The molecule has 116 valence electrons. The molecule has 1 unspecified atom stereocenters. The first-order chi connectivity index (χ1) is 11.2. The van der Waals surface area contributed by atoms with Gasteiger partial charge in [0, 0.05) is 28.9 Å². The van der Waals surface area contributed by atoms with Crippen molar-refractivity contribution in [1.82, 2.24) is 4.98 Å². The van der Waals surface area contributed by atoms with Crippen LogP contribution in [0.1, 0.15) is 22.8 Å². The first-order valence-electron chi connectivity index (χ1n) is 7.37. The summed E-state index contributed by atoms with van der Waals surface area (Å²) >= 11 is 6.30. The first-order valence-corrected chi connectivity index (χ1v) is 7.75. The molecule has 3 nitrogen and oxygen atoms in total. The van der Waals surface area contributed by atoms with Gasteiger partial charge in [-0.1, -0.05) is 54.1 Å². The van der Waals surface area contributed by atoms with Gasteiger partial charge in [-0.3, -0.25) is 4.98 Å². The fraction of sp³-hybridized carbons (Fsp3) is 0.105. The van der Waals surface area contributed by atoms with E-state index in [1.807, 2.05) is 54.6 Å². The van der Waals surface area contributed by atoms with E-state index in [2.05, 4.69) is 4.98 Å². The predicted octanol–water partition coefficient (Wildman–Crippen LogP) is 3.94. The van der Waals surface area contributed by atoms with Crippen molar-refractivity contribution in [1.29, 1.82) is 0 Å². The number of benzene rings is 2. The van der Waals surface area contributed by atoms with Crippen LogP contribution >= 0.6 is 11.6 Å². The summed E-state index contributed by atoms with van der Waals surface area (Å²) in [4.78, 5) is 4.42. The second-order valence-corrected chi connectivity index (χ2v) is 5.67. The van der Waals surface area contributed by atoms with Crippen LogP contribution in [0.5, 0.6) is 0 Å². The number of hydrogen-bond acceptors (Lipinski definition) is 3. The standard InChI is InChI=1S/C19H17ClN2O/c20-17-9-8-14(18-15(12-21)7-4-10-22-18)11-16(17)19(23)13-5-2-1-3-6-13/h1-11,19,23H,12,21H2. The van der Waals surface area contributed by atoms with Crippen LogP contribution in [-0.4, -0.2) is 10.1 Å². The van der Waals surface area contributed by atoms with E-state index in [4.69, 9.17) is 17.3 Å². The van der Waals surface area contributed by atoms with Crippen molar-refractivity contribution < 1.29 is 5.11 Å². The maximum absolute atomic E-state index is 10.6. The number of pyridine rings is 1. The molecule has 1 aromatic heterocycles. The minimum atomic E-state index is -0.784. The van der Waals surface area contributed by atoms with E-state index in [-0.39, 0.29) is 0 Å². The molecule has 0 saturated heterocycles. The Morgan fingerprint density at radius 1 is 1.04 bits per heavy atom. The van der Waals surface area contributed by atoms with Crippen molar-refractivity contribution in [3.05, 3.63) is 88.6 Å². The minimum Gasteiger partial charge on any atom is -0.384 e. The van der Waals surface area contributed by atoms with Crippen molar-refractivity contribution in [3.63, 3.8) is 0 Å². The van der Waals surface area contributed by atoms with E-state index in [9.17, 15) is 5.11 Å². The fourth-order valence-electron chi connectivity index (χ4n) is 2.58. The van der Waals surface area contributed by atoms with Crippen LogP contribution in [0.25, 0.3) is 11.3 Å². The highest BCUT2D eigenvalue weighted by atomic mass is 35.5. The van der Waals surface area contributed by atoms with Crippen LogP contribution in [0.4, 0.5) is 0 Å². The molecule has 0 radical (unpaired) electrons. The third-order valence-electron chi connectivity index (χ3n) is 3.79. The van der Waals surface area contributed by atoms with Crippen LogP contribution in [0.3, 0.4) is 0 Å². The summed E-state index contributed by atoms with van der Waals surface area (Å²) in [5.41, 5.74) is 9.90. The number of aliphatic hydroxyl groups is 1. The molecule has 3 aromatic rings. The Labute approximate surface area is 140 Å². The van der Waals surface area contributed by atoms with Gasteiger partial charge in [0.15, 0.2) is 0 Å². The van der Waals surface area contributed by atoms with Crippen LogP contribution in [0.15, 0.2) is 66.9 Å². The van der Waals surface area contributed by atoms with Gasteiger partial charge >= 0.3 is 0 Å². The highest BCUT2D eigenvalue weighted by Crippen LogP contribution is 2.32. The lowest BCUT2D eigenvalue weighted by molar-refractivity contribution is 0.220. The molecule has 3 N–H and O–H groups in total. The van der Waals surface area contributed by atoms with Crippen LogP contribution in [0.2, 0.25) is 5.02 Å². The van der Waals surface area contributed by atoms with Crippen LogP contribution in [0, 0.1) is 0 Å². The number of aliphatic hydroxyl groups excluding tert-OH is 1. The van der Waals surface area contributed by atoms with Gasteiger partial charge in [0.2, 0.25) is 0 Å². The van der Waals surface area contributed by atoms with E-state index >= 15 is 0 Å². The van der Waals surface area contributed by atoms with Gasteiger partial charge in [-0.25, -0.2) is 0 Å². The molecule has 0 spiro atoms. The number of rotatable bonds is 4. The Bertz CT molecular complexity index is 805. The predicted molar refractivity (Wildman–Crippen MR) is 93.1 cm³/mol. The summed E-state index contributed by atoms with van der Waals surface area (Å²) in [7, 11) is 0. The molecule has 0 amide bonds. The van der Waals surface area contributed by atoms with Crippen molar-refractivity contribution in [3.8, 4) is 11.3 Å². The highest BCUT2D eigenvalue weighted by Gasteiger charge is 2.16. The van der Waals surface area contributed by atoms with E-state index in [1.54, 1.807) is 12.3 Å². The zero-order chi connectivity index (χ0) is 16.2. The van der Waals surface area contributed by atoms with Crippen molar-refractivity contribution >= 4 is 11.6 Å². The van der Waals surface area contributed by atoms with Gasteiger partial charge in [-0.2, -0.15) is 0 Å². The zero-order valence-corrected chi connectivity index (χ0v) is 13.2. The van der Waals surface area contributed by atoms with Gasteiger partial charge in [0.25, 0.3) is 0 Å². The maximum Gasteiger partial charge on any atom is 0.106 e. The number of nitrogens with two attached hydrogens (primary N) is 1. The smallest absolute Gasteiger partial charge is 0.106 e. The molecule has 1 heterocycles. The second-order valence-electron chi connectivity index (χ2n) is 5.26. The van der Waals surface area contributed by atoms with Crippen molar-refractivity contribution in [2.75, 3.05) is 0 Å². The van der Waals surface area contributed by atoms with Gasteiger partial charge < -0.3 is 10.8 Å². The monoisotopic (exact) mass is 324 g/mol. The average Bonchev–Trinajstić information content (AvgIpc) is 2.62. The summed E-state index contributed by atoms with van der Waals surface area (Å²) in [5.74, 6) is 0. The minimum absolute atomic E-state index is 0.405. The first kappa shape index (κ1) is 15.7. The molecule has 23 heavy (non-hydrogen) atoms. The summed E-state index contributed by atoms with van der Waals surface area (Å²) in [6.45, 7) is 0.405. The quantitative estimate of drug-likeness (QED) is 0.764. The van der Waals surface area contributed by atoms with Crippen molar-refractivity contribution in [2.45, 2.75) is 12.6 Å². The van der Waals surface area contributed by atoms with E-state index < -0.39 is 6.10 Å². The number of halogens is 1. The molecule has 2 aromatic carbocycles. The van der Waals surface area contributed by atoms with Gasteiger partial charge in [0.1, 0.15) is 6.10 Å². The Balaban J connectivity index is 2.06. The number of hydrogen-bond donors (Lipinski definition) is 2. The number of nitrogens with zero attached hydrogens (tertiary/aromatic N) is 1. The summed E-state index contributed by atoms with van der Waals surface area (Å²) in [5, 5.41) is 11.2. The van der Waals surface area contributed by atoms with Gasteiger partial charge in [0.05, 0.1) is 5.69 Å². The molecule has 0 aliphatic rings. The Morgan fingerprint density at radius 2 is 1.83 bits per heavy atom. The maximum atomic E-state index is 10.6. The molecule has 0 aliphatic carbocycles. The third kappa shape index (κ3) is 3.27. The summed E-state index contributed by atoms with van der Waals surface area (Å²) in [6.07, 6.45) is 0.949. The molecule has 0 bridgehead atoms. The topological polar surface area (TPSA) is 59.1 Å². The van der Waals surface area contributed by atoms with E-state index in [0.29, 0.717) is 17.1 Å². The molecule has 0 saturated carbocycles. The second kappa shape index (κ2) is 6.92. The lowest BCUT2D eigenvalue weighted by Gasteiger charge is -2.15. The van der Waals surface area contributed by atoms with E-state index in [1.165, 1.54) is 0 Å². The molecule has 0 aliphatic heterocycles. The Kier molecular flexibility index (Phi) is 4.72. The van der Waals surface area contributed by atoms with Crippen molar-refractivity contribution in [2.24, 2.45) is 5.73 Å². The molecule has 1 atom stereocenters. The molecular formula is C19H17ClN2O. The average molecular weight is 325 g/mol. The molecular weight excluding hydrogens is 308 g/mol. The SMILES string of the molecule is NCc1cccnc1-c1ccc(Cl)c(C(O)c2ccccc2)c1. The Morgan fingerprint density at radius 3 is 2.57 bits per heavy atom.